The van der Waals surface area contributed by atoms with Crippen LogP contribution in [0, 0.1) is 0 Å². The monoisotopic (exact) mass is 212 g/mol. The molecule has 1 aromatic rings. The SMILES string of the molecule is OCCC(F)(F)c1ccc2c(c1)CCC2. The molecule has 0 aliphatic heterocycles. The van der Waals surface area contributed by atoms with Crippen LogP contribution in [0.3, 0.4) is 0 Å². The van der Waals surface area contributed by atoms with Crippen LogP contribution in [0.25, 0.3) is 0 Å². The van der Waals surface area contributed by atoms with Crippen LogP contribution >= 0.6 is 0 Å². The maximum absolute atomic E-state index is 13.5. The molecule has 0 spiro atoms. The lowest BCUT2D eigenvalue weighted by Gasteiger charge is -2.16. The van der Waals surface area contributed by atoms with E-state index >= 15 is 0 Å². The Morgan fingerprint density at radius 1 is 1.20 bits per heavy atom. The van der Waals surface area contributed by atoms with E-state index in [0.29, 0.717) is 0 Å². The van der Waals surface area contributed by atoms with Crippen molar-refractivity contribution in [2.75, 3.05) is 6.61 Å². The summed E-state index contributed by atoms with van der Waals surface area (Å²) < 4.78 is 26.9. The first-order chi connectivity index (χ1) is 7.13. The molecule has 1 aromatic carbocycles. The molecular formula is C12H14F2O. The minimum atomic E-state index is -2.90. The van der Waals surface area contributed by atoms with Crippen molar-refractivity contribution in [3.05, 3.63) is 34.9 Å². The van der Waals surface area contributed by atoms with Crippen molar-refractivity contribution in [1.82, 2.24) is 0 Å². The first kappa shape index (κ1) is 10.6. The highest BCUT2D eigenvalue weighted by Crippen LogP contribution is 2.34. The molecule has 0 amide bonds. The third-order valence-corrected chi connectivity index (χ3v) is 2.95. The van der Waals surface area contributed by atoms with Gasteiger partial charge >= 0.3 is 0 Å². The molecule has 0 saturated heterocycles. The van der Waals surface area contributed by atoms with Gasteiger partial charge in [0.25, 0.3) is 5.92 Å². The van der Waals surface area contributed by atoms with Gasteiger partial charge in [0.1, 0.15) is 0 Å². The fourth-order valence-electron chi connectivity index (χ4n) is 2.08. The molecule has 3 heteroatoms. The maximum atomic E-state index is 13.5. The molecule has 0 atom stereocenters. The molecule has 0 saturated carbocycles. The number of alkyl halides is 2. The zero-order valence-corrected chi connectivity index (χ0v) is 8.47. The van der Waals surface area contributed by atoms with Gasteiger partial charge < -0.3 is 5.11 Å². The number of fused-ring (bicyclic) bond motifs is 1. The van der Waals surface area contributed by atoms with Gasteiger partial charge in [0.2, 0.25) is 0 Å². The van der Waals surface area contributed by atoms with Crippen LogP contribution in [-0.4, -0.2) is 11.7 Å². The molecule has 2 rings (SSSR count). The number of aryl methyl sites for hydroxylation is 2. The Bertz CT molecular complexity index is 361. The third-order valence-electron chi connectivity index (χ3n) is 2.95. The molecule has 1 nitrogen and oxygen atoms in total. The van der Waals surface area contributed by atoms with E-state index < -0.39 is 19.0 Å². The second kappa shape index (κ2) is 3.89. The standard InChI is InChI=1S/C12H14F2O/c13-12(14,6-7-15)11-5-4-9-2-1-3-10(9)8-11/h4-5,8,15H,1-3,6-7H2. The Morgan fingerprint density at radius 3 is 2.67 bits per heavy atom. The second-order valence-corrected chi connectivity index (χ2v) is 4.02. The van der Waals surface area contributed by atoms with Gasteiger partial charge in [0.15, 0.2) is 0 Å². The average Bonchev–Trinajstić information content (AvgIpc) is 2.63. The predicted octanol–water partition coefficient (Wildman–Crippen LogP) is 2.65. The molecule has 1 aliphatic rings. The van der Waals surface area contributed by atoms with E-state index in [1.165, 1.54) is 11.6 Å². The van der Waals surface area contributed by atoms with Crippen LogP contribution in [0.2, 0.25) is 0 Å². The number of aliphatic hydroxyl groups is 1. The van der Waals surface area contributed by atoms with E-state index in [9.17, 15) is 8.78 Å². The van der Waals surface area contributed by atoms with Gasteiger partial charge in [0, 0.05) is 18.6 Å². The fraction of sp³-hybridized carbons (Fsp3) is 0.500. The van der Waals surface area contributed by atoms with Crippen molar-refractivity contribution in [1.29, 1.82) is 0 Å². The van der Waals surface area contributed by atoms with Crippen molar-refractivity contribution in [3.8, 4) is 0 Å². The van der Waals surface area contributed by atoms with Crippen molar-refractivity contribution < 1.29 is 13.9 Å². The van der Waals surface area contributed by atoms with E-state index in [1.807, 2.05) is 0 Å². The quantitative estimate of drug-likeness (QED) is 0.816. The Kier molecular flexibility index (Phi) is 2.74. The highest BCUT2D eigenvalue weighted by atomic mass is 19.3. The average molecular weight is 212 g/mol. The number of rotatable bonds is 3. The minimum absolute atomic E-state index is 0.0391. The van der Waals surface area contributed by atoms with Crippen LogP contribution in [0.15, 0.2) is 18.2 Å². The van der Waals surface area contributed by atoms with E-state index in [-0.39, 0.29) is 5.56 Å². The Balaban J connectivity index is 2.29. The highest BCUT2D eigenvalue weighted by Gasteiger charge is 2.31. The fourth-order valence-corrected chi connectivity index (χ4v) is 2.08. The van der Waals surface area contributed by atoms with E-state index in [1.54, 1.807) is 12.1 Å². The minimum Gasteiger partial charge on any atom is -0.396 e. The van der Waals surface area contributed by atoms with E-state index in [4.69, 9.17) is 5.11 Å². The van der Waals surface area contributed by atoms with Crippen LogP contribution in [0.5, 0.6) is 0 Å². The third kappa shape index (κ3) is 2.02. The van der Waals surface area contributed by atoms with Gasteiger partial charge in [-0.1, -0.05) is 12.1 Å². The van der Waals surface area contributed by atoms with Crippen molar-refractivity contribution >= 4 is 0 Å². The topological polar surface area (TPSA) is 20.2 Å². The number of halogens is 2. The summed E-state index contributed by atoms with van der Waals surface area (Å²) in [7, 11) is 0. The summed E-state index contributed by atoms with van der Waals surface area (Å²) in [6.07, 6.45) is 2.47. The van der Waals surface area contributed by atoms with Crippen LogP contribution in [-0.2, 0) is 18.8 Å². The predicted molar refractivity (Wildman–Crippen MR) is 54.1 cm³/mol. The van der Waals surface area contributed by atoms with Gasteiger partial charge in [0.05, 0.1) is 0 Å². The molecule has 0 radical (unpaired) electrons. The highest BCUT2D eigenvalue weighted by molar-refractivity contribution is 5.36. The molecule has 15 heavy (non-hydrogen) atoms. The number of hydrogen-bond donors (Lipinski definition) is 1. The van der Waals surface area contributed by atoms with Gasteiger partial charge in [-0.15, -0.1) is 0 Å². The van der Waals surface area contributed by atoms with E-state index in [0.717, 1.165) is 24.8 Å². The van der Waals surface area contributed by atoms with Crippen LogP contribution in [0.4, 0.5) is 8.78 Å². The van der Waals surface area contributed by atoms with Crippen LogP contribution in [0.1, 0.15) is 29.5 Å². The van der Waals surface area contributed by atoms with Gasteiger partial charge in [-0.3, -0.25) is 0 Å². The first-order valence-electron chi connectivity index (χ1n) is 5.24. The summed E-state index contributed by atoms with van der Waals surface area (Å²) in [4.78, 5) is 0. The lowest BCUT2D eigenvalue weighted by atomic mass is 10.0. The molecule has 0 unspecified atom stereocenters. The summed E-state index contributed by atoms with van der Waals surface area (Å²) in [6, 6.07) is 4.88. The number of benzene rings is 1. The molecule has 0 fully saturated rings. The molecule has 0 bridgehead atoms. The molecule has 82 valence electrons. The molecule has 0 aromatic heterocycles. The number of hydrogen-bond acceptors (Lipinski definition) is 1. The normalized spacial score (nSPS) is 15.4. The van der Waals surface area contributed by atoms with Crippen LogP contribution < -0.4 is 0 Å². The molecular weight excluding hydrogens is 198 g/mol. The molecule has 1 N–H and O–H groups in total. The van der Waals surface area contributed by atoms with Gasteiger partial charge in [-0.05, 0) is 36.5 Å². The zero-order valence-electron chi connectivity index (χ0n) is 8.47. The Morgan fingerprint density at radius 2 is 1.93 bits per heavy atom. The Hall–Kier alpha value is -0.960. The summed E-state index contributed by atoms with van der Waals surface area (Å²) in [5.41, 5.74) is 2.28. The smallest absolute Gasteiger partial charge is 0.275 e. The van der Waals surface area contributed by atoms with Crippen molar-refractivity contribution in [2.24, 2.45) is 0 Å². The number of aliphatic hydroxyl groups excluding tert-OH is 1. The lowest BCUT2D eigenvalue weighted by molar-refractivity contribution is -0.0270. The summed E-state index contributed by atoms with van der Waals surface area (Å²) in [6.45, 7) is -0.482. The summed E-state index contributed by atoms with van der Waals surface area (Å²) in [5, 5.41) is 8.58. The van der Waals surface area contributed by atoms with E-state index in [2.05, 4.69) is 0 Å². The lowest BCUT2D eigenvalue weighted by Crippen LogP contribution is -2.15. The first-order valence-corrected chi connectivity index (χ1v) is 5.24. The van der Waals surface area contributed by atoms with Gasteiger partial charge in [-0.25, -0.2) is 8.78 Å². The Labute approximate surface area is 87.7 Å². The zero-order chi connectivity index (χ0) is 10.9. The maximum Gasteiger partial charge on any atom is 0.275 e. The molecule has 1 aliphatic carbocycles. The summed E-state index contributed by atoms with van der Waals surface area (Å²) >= 11 is 0. The van der Waals surface area contributed by atoms with Crippen molar-refractivity contribution in [2.45, 2.75) is 31.6 Å². The van der Waals surface area contributed by atoms with Gasteiger partial charge in [-0.2, -0.15) is 0 Å². The summed E-state index contributed by atoms with van der Waals surface area (Å²) in [5.74, 6) is -2.90. The molecule has 0 heterocycles. The second-order valence-electron chi connectivity index (χ2n) is 4.02. The largest absolute Gasteiger partial charge is 0.396 e. The van der Waals surface area contributed by atoms with Crippen molar-refractivity contribution in [3.63, 3.8) is 0 Å².